The highest BCUT2D eigenvalue weighted by Gasteiger charge is 2.12. The molecule has 4 aromatic rings. The minimum atomic E-state index is -0.368. The predicted molar refractivity (Wildman–Crippen MR) is 117 cm³/mol. The van der Waals surface area contributed by atoms with Gasteiger partial charge in [0.25, 0.3) is 6.47 Å². The fourth-order valence-corrected chi connectivity index (χ4v) is 3.63. The minimum Gasteiger partial charge on any atom is -0.483 e. The molecule has 2 heterocycles. The van der Waals surface area contributed by atoms with Crippen molar-refractivity contribution < 1.29 is 14.3 Å². The number of carboxylic acid groups (broad SMARTS) is 1. The molecule has 2 aromatic heterocycles. The second-order valence-corrected chi connectivity index (χ2v) is 7.04. The van der Waals surface area contributed by atoms with Crippen molar-refractivity contribution in [2.75, 3.05) is 11.5 Å². The van der Waals surface area contributed by atoms with Crippen LogP contribution in [0.2, 0.25) is 0 Å². The number of nitrogens with two attached hydrogens (primary N) is 2. The molecule has 0 aliphatic heterocycles. The van der Waals surface area contributed by atoms with Crippen molar-refractivity contribution in [2.45, 2.75) is 9.92 Å². The van der Waals surface area contributed by atoms with Gasteiger partial charge in [-0.3, -0.25) is 4.79 Å². The molecule has 0 aliphatic rings. The summed E-state index contributed by atoms with van der Waals surface area (Å²) in [5.41, 5.74) is 14.5. The van der Waals surface area contributed by atoms with Crippen LogP contribution in [0.5, 0.6) is 0 Å². The quantitative estimate of drug-likeness (QED) is 0.322. The molecule has 8 nitrogen and oxygen atoms in total. The lowest BCUT2D eigenvalue weighted by atomic mass is 10.0. The second kappa shape index (κ2) is 10.1. The zero-order valence-corrected chi connectivity index (χ0v) is 16.8. The number of hydrogen-bond donors (Lipinski definition) is 3. The van der Waals surface area contributed by atoms with Crippen molar-refractivity contribution in [1.29, 1.82) is 0 Å². The van der Waals surface area contributed by atoms with Gasteiger partial charge in [-0.2, -0.15) is 0 Å². The summed E-state index contributed by atoms with van der Waals surface area (Å²) in [5, 5.41) is 7.54. The van der Waals surface area contributed by atoms with Gasteiger partial charge in [-0.15, -0.1) is 0 Å². The van der Waals surface area contributed by atoms with E-state index < -0.39 is 0 Å². The molecule has 0 saturated heterocycles. The van der Waals surface area contributed by atoms with E-state index in [4.69, 9.17) is 21.4 Å². The molecule has 10 heteroatoms. The molecule has 0 unspecified atom stereocenters. The topological polar surface area (TPSA) is 141 Å². The Bertz CT molecular complexity index is 1190. The molecule has 0 fully saturated rings. The number of rotatable bonds is 4. The van der Waals surface area contributed by atoms with E-state index in [9.17, 15) is 4.39 Å². The smallest absolute Gasteiger partial charge is 0.290 e. The van der Waals surface area contributed by atoms with E-state index in [1.807, 2.05) is 30.3 Å². The number of benzene rings is 2. The van der Waals surface area contributed by atoms with Crippen molar-refractivity contribution in [1.82, 2.24) is 19.9 Å². The van der Waals surface area contributed by atoms with E-state index in [-0.39, 0.29) is 18.2 Å². The third-order valence-electron chi connectivity index (χ3n) is 4.06. The summed E-state index contributed by atoms with van der Waals surface area (Å²) in [5.74, 6) is -0.219. The Labute approximate surface area is 181 Å². The van der Waals surface area contributed by atoms with Crippen LogP contribution in [0.4, 0.5) is 16.0 Å². The lowest BCUT2D eigenvalue weighted by molar-refractivity contribution is -0.122. The van der Waals surface area contributed by atoms with Crippen LogP contribution >= 0.6 is 11.8 Å². The number of nitrogen functional groups attached to an aromatic ring is 2. The van der Waals surface area contributed by atoms with E-state index in [1.165, 1.54) is 36.5 Å². The van der Waals surface area contributed by atoms with Gasteiger partial charge in [-0.25, -0.2) is 24.3 Å². The molecular formula is C21H17FN6O2S. The van der Waals surface area contributed by atoms with Crippen LogP contribution in [-0.4, -0.2) is 31.5 Å². The SMILES string of the molecule is Nc1ncc(-c2ccc(-c3ccccc3Sc3ncncc3N)cc2F)cn1.O=CO. The van der Waals surface area contributed by atoms with E-state index in [1.54, 1.807) is 12.3 Å². The number of carbonyl (C=O) groups is 1. The Kier molecular flexibility index (Phi) is 7.07. The summed E-state index contributed by atoms with van der Waals surface area (Å²) < 4.78 is 14.8. The van der Waals surface area contributed by atoms with Crippen molar-refractivity contribution in [3.8, 4) is 22.3 Å². The third-order valence-corrected chi connectivity index (χ3v) is 5.17. The normalized spacial score (nSPS) is 10.1. The lowest BCUT2D eigenvalue weighted by Crippen LogP contribution is -1.95. The maximum Gasteiger partial charge on any atom is 0.290 e. The van der Waals surface area contributed by atoms with Crippen LogP contribution in [0.15, 0.2) is 77.3 Å². The summed E-state index contributed by atoms with van der Waals surface area (Å²) in [6.45, 7) is -0.250. The molecule has 0 atom stereocenters. The first kappa shape index (κ1) is 21.7. The molecule has 2 aromatic carbocycles. The van der Waals surface area contributed by atoms with Crippen molar-refractivity contribution >= 4 is 29.9 Å². The van der Waals surface area contributed by atoms with Crippen LogP contribution in [0.1, 0.15) is 0 Å². The molecule has 0 amide bonds. The molecule has 5 N–H and O–H groups in total. The standard InChI is InChI=1S/C20H15FN6S.CH2O2/c21-16-7-12(5-6-14(16)13-8-25-20(23)26-9-13)15-3-1-2-4-18(15)28-19-17(22)10-24-11-27-19;2-1-3/h1-11H,22H2,(H2,23,25,26);1H,(H,2,3). The molecule has 0 radical (unpaired) electrons. The lowest BCUT2D eigenvalue weighted by Gasteiger charge is -2.11. The highest BCUT2D eigenvalue weighted by molar-refractivity contribution is 7.99. The molecule has 0 aliphatic carbocycles. The monoisotopic (exact) mass is 436 g/mol. The summed E-state index contributed by atoms with van der Waals surface area (Å²) >= 11 is 1.41. The zero-order valence-electron chi connectivity index (χ0n) is 16.0. The maximum absolute atomic E-state index is 14.8. The largest absolute Gasteiger partial charge is 0.483 e. The van der Waals surface area contributed by atoms with Gasteiger partial charge < -0.3 is 16.6 Å². The van der Waals surface area contributed by atoms with Gasteiger partial charge in [-0.05, 0) is 23.3 Å². The van der Waals surface area contributed by atoms with Crippen molar-refractivity contribution in [3.05, 3.63) is 73.2 Å². The Morgan fingerprint density at radius 3 is 2.32 bits per heavy atom. The average Bonchev–Trinajstić information content (AvgIpc) is 2.77. The zero-order chi connectivity index (χ0) is 22.2. The first-order valence-electron chi connectivity index (χ1n) is 8.81. The maximum atomic E-state index is 14.8. The first-order valence-corrected chi connectivity index (χ1v) is 9.63. The minimum absolute atomic E-state index is 0.149. The molecule has 0 spiro atoms. The summed E-state index contributed by atoms with van der Waals surface area (Å²) in [6, 6.07) is 12.8. The van der Waals surface area contributed by atoms with Gasteiger partial charge in [0.15, 0.2) is 0 Å². The highest BCUT2D eigenvalue weighted by atomic mass is 32.2. The number of hydrogen-bond acceptors (Lipinski definition) is 8. The van der Waals surface area contributed by atoms with E-state index in [0.29, 0.717) is 21.8 Å². The molecule has 0 bridgehead atoms. The van der Waals surface area contributed by atoms with E-state index in [0.717, 1.165) is 16.0 Å². The molecule has 0 saturated carbocycles. The highest BCUT2D eigenvalue weighted by Crippen LogP contribution is 2.38. The Morgan fingerprint density at radius 1 is 0.935 bits per heavy atom. The van der Waals surface area contributed by atoms with Crippen LogP contribution in [-0.2, 0) is 4.79 Å². The summed E-state index contributed by atoms with van der Waals surface area (Å²) in [7, 11) is 0. The van der Waals surface area contributed by atoms with Crippen LogP contribution in [0, 0.1) is 5.82 Å². The fourth-order valence-electron chi connectivity index (χ4n) is 2.71. The van der Waals surface area contributed by atoms with Crippen LogP contribution in [0.3, 0.4) is 0 Å². The van der Waals surface area contributed by atoms with E-state index >= 15 is 0 Å². The summed E-state index contributed by atoms with van der Waals surface area (Å²) in [6.07, 6.45) is 6.01. The van der Waals surface area contributed by atoms with Gasteiger partial charge in [0.1, 0.15) is 17.2 Å². The van der Waals surface area contributed by atoms with Gasteiger partial charge in [0, 0.05) is 28.4 Å². The second-order valence-electron chi connectivity index (χ2n) is 6.01. The Hall–Kier alpha value is -4.05. The van der Waals surface area contributed by atoms with Crippen LogP contribution < -0.4 is 11.5 Å². The predicted octanol–water partition coefficient (Wildman–Crippen LogP) is 3.76. The van der Waals surface area contributed by atoms with Gasteiger partial charge >= 0.3 is 0 Å². The fraction of sp³-hybridized carbons (Fsp3) is 0. The molecular weight excluding hydrogens is 419 g/mol. The van der Waals surface area contributed by atoms with E-state index in [2.05, 4.69) is 19.9 Å². The molecule has 4 rings (SSSR count). The van der Waals surface area contributed by atoms with Crippen LogP contribution in [0.25, 0.3) is 22.3 Å². The first-order chi connectivity index (χ1) is 15.0. The third kappa shape index (κ3) is 5.31. The number of aromatic nitrogens is 4. The van der Waals surface area contributed by atoms with Crippen molar-refractivity contribution in [3.63, 3.8) is 0 Å². The Balaban J connectivity index is 0.000000858. The van der Waals surface area contributed by atoms with Gasteiger partial charge in [0.2, 0.25) is 5.95 Å². The number of anilines is 2. The average molecular weight is 436 g/mol. The Morgan fingerprint density at radius 2 is 1.65 bits per heavy atom. The molecule has 31 heavy (non-hydrogen) atoms. The molecule has 156 valence electrons. The number of halogens is 1. The number of nitrogens with zero attached hydrogens (tertiary/aromatic N) is 4. The van der Waals surface area contributed by atoms with Gasteiger partial charge in [-0.1, -0.05) is 42.1 Å². The van der Waals surface area contributed by atoms with Gasteiger partial charge in [0.05, 0.1) is 11.9 Å². The summed E-state index contributed by atoms with van der Waals surface area (Å²) in [4.78, 5) is 25.2. The van der Waals surface area contributed by atoms with Crippen molar-refractivity contribution in [2.24, 2.45) is 0 Å².